The fourth-order valence-corrected chi connectivity index (χ4v) is 3.09. The van der Waals surface area contributed by atoms with Crippen LogP contribution < -0.4 is 4.74 Å². The molecule has 0 aliphatic heterocycles. The molecule has 0 spiro atoms. The molecule has 1 N–H and O–H groups in total. The minimum atomic E-state index is -0.961. The minimum absolute atomic E-state index is 0.153. The Bertz CT molecular complexity index is 780. The van der Waals surface area contributed by atoms with Crippen molar-refractivity contribution in [1.29, 1.82) is 0 Å². The van der Waals surface area contributed by atoms with E-state index in [1.54, 1.807) is 7.11 Å². The van der Waals surface area contributed by atoms with Gasteiger partial charge in [0, 0.05) is 12.0 Å². The van der Waals surface area contributed by atoms with E-state index in [4.69, 9.17) is 14.2 Å². The quantitative estimate of drug-likeness (QED) is 0.578. The topological polar surface area (TPSA) is 65.0 Å². The predicted molar refractivity (Wildman–Crippen MR) is 113 cm³/mol. The molecule has 0 aromatic heterocycles. The van der Waals surface area contributed by atoms with Crippen LogP contribution in [0, 0.1) is 0 Å². The van der Waals surface area contributed by atoms with E-state index in [0.29, 0.717) is 25.6 Å². The van der Waals surface area contributed by atoms with Crippen molar-refractivity contribution in [1.82, 2.24) is 0 Å². The van der Waals surface area contributed by atoms with Gasteiger partial charge < -0.3 is 19.3 Å². The zero-order valence-electron chi connectivity index (χ0n) is 18.0. The van der Waals surface area contributed by atoms with E-state index >= 15 is 0 Å². The van der Waals surface area contributed by atoms with Crippen LogP contribution in [0.4, 0.5) is 0 Å². The van der Waals surface area contributed by atoms with Gasteiger partial charge in [0.1, 0.15) is 5.75 Å². The molecule has 0 amide bonds. The first kappa shape index (κ1) is 22.9. The van der Waals surface area contributed by atoms with E-state index in [0.717, 1.165) is 22.4 Å². The normalized spacial score (nSPS) is 12.4. The van der Waals surface area contributed by atoms with E-state index in [1.807, 2.05) is 32.0 Å². The van der Waals surface area contributed by atoms with Crippen molar-refractivity contribution in [3.63, 3.8) is 0 Å². The van der Waals surface area contributed by atoms with Crippen molar-refractivity contribution in [2.45, 2.75) is 65.5 Å². The van der Waals surface area contributed by atoms with E-state index in [1.165, 1.54) is 5.56 Å². The van der Waals surface area contributed by atoms with Crippen LogP contribution in [-0.2, 0) is 33.9 Å². The van der Waals surface area contributed by atoms with Crippen LogP contribution in [0.1, 0.15) is 55.9 Å². The maximum atomic E-state index is 11.5. The zero-order valence-corrected chi connectivity index (χ0v) is 18.0. The van der Waals surface area contributed by atoms with Crippen LogP contribution in [0.15, 0.2) is 42.5 Å². The molecule has 1 unspecified atom stereocenters. The van der Waals surface area contributed by atoms with Gasteiger partial charge in [-0.05, 0) is 48.6 Å². The number of carboxylic acid groups (broad SMARTS) is 1. The molecule has 0 aliphatic carbocycles. The molecule has 0 radical (unpaired) electrons. The van der Waals surface area contributed by atoms with Crippen molar-refractivity contribution in [2.75, 3.05) is 7.11 Å². The van der Waals surface area contributed by atoms with Crippen molar-refractivity contribution >= 4 is 5.97 Å². The van der Waals surface area contributed by atoms with Crippen LogP contribution in [0.25, 0.3) is 0 Å². The summed E-state index contributed by atoms with van der Waals surface area (Å²) in [6.45, 7) is 8.89. The molecule has 1 atom stereocenters. The van der Waals surface area contributed by atoms with Gasteiger partial charge in [-0.1, -0.05) is 44.2 Å². The monoisotopic (exact) mass is 400 g/mol. The van der Waals surface area contributed by atoms with Gasteiger partial charge in [-0.3, -0.25) is 0 Å². The fraction of sp³-hybridized carbons (Fsp3) is 0.458. The summed E-state index contributed by atoms with van der Waals surface area (Å²) in [4.78, 5) is 11.5. The SMILES string of the molecule is COc1ccc(CC(OC(C)C)C(=O)O)cc1COCc1ccc(C(C)C)cc1. The summed E-state index contributed by atoms with van der Waals surface area (Å²) in [7, 11) is 1.62. The summed E-state index contributed by atoms with van der Waals surface area (Å²) in [5.41, 5.74) is 4.18. The third kappa shape index (κ3) is 7.18. The van der Waals surface area contributed by atoms with E-state index in [2.05, 4.69) is 38.1 Å². The van der Waals surface area contributed by atoms with Gasteiger partial charge in [0.2, 0.25) is 0 Å². The zero-order chi connectivity index (χ0) is 21.4. The highest BCUT2D eigenvalue weighted by Gasteiger charge is 2.20. The molecule has 2 rings (SSSR count). The second kappa shape index (κ2) is 11.0. The first-order valence-corrected chi connectivity index (χ1v) is 10.0. The standard InChI is InChI=1S/C24H32O5/c1-16(2)20-9-6-18(7-10-20)14-28-15-21-12-19(8-11-22(21)27-5)13-23(24(25)26)29-17(3)4/h6-12,16-17,23H,13-15H2,1-5H3,(H,25,26). The summed E-state index contributed by atoms with van der Waals surface area (Å²) in [6, 6.07) is 14.1. The number of hydrogen-bond donors (Lipinski definition) is 1. The fourth-order valence-electron chi connectivity index (χ4n) is 3.09. The molecule has 0 saturated carbocycles. The molecular formula is C24H32O5. The van der Waals surface area contributed by atoms with Crippen molar-refractivity contribution in [3.05, 3.63) is 64.7 Å². The molecule has 0 aliphatic rings. The lowest BCUT2D eigenvalue weighted by Gasteiger charge is -2.17. The summed E-state index contributed by atoms with van der Waals surface area (Å²) >= 11 is 0. The van der Waals surface area contributed by atoms with Gasteiger partial charge in [-0.15, -0.1) is 0 Å². The van der Waals surface area contributed by atoms with Gasteiger partial charge in [0.15, 0.2) is 6.10 Å². The third-order valence-electron chi connectivity index (χ3n) is 4.65. The number of hydrogen-bond acceptors (Lipinski definition) is 4. The molecule has 0 heterocycles. The summed E-state index contributed by atoms with van der Waals surface area (Å²) in [6.07, 6.45) is -0.739. The number of carbonyl (C=O) groups is 1. The Labute approximate surface area is 173 Å². The lowest BCUT2D eigenvalue weighted by Crippen LogP contribution is -2.29. The Kier molecular flexibility index (Phi) is 8.68. The first-order chi connectivity index (χ1) is 13.8. The van der Waals surface area contributed by atoms with Gasteiger partial charge in [-0.25, -0.2) is 4.79 Å². The number of methoxy groups -OCH3 is 1. The Morgan fingerprint density at radius 1 is 0.966 bits per heavy atom. The average molecular weight is 401 g/mol. The number of benzene rings is 2. The number of ether oxygens (including phenoxy) is 3. The molecule has 2 aromatic rings. The maximum Gasteiger partial charge on any atom is 0.333 e. The Hall–Kier alpha value is -2.37. The van der Waals surface area contributed by atoms with Crippen molar-refractivity contribution in [2.24, 2.45) is 0 Å². The summed E-state index contributed by atoms with van der Waals surface area (Å²) in [5, 5.41) is 9.40. The average Bonchev–Trinajstić information content (AvgIpc) is 2.67. The van der Waals surface area contributed by atoms with E-state index in [-0.39, 0.29) is 6.10 Å². The number of rotatable bonds is 11. The molecule has 158 valence electrons. The molecule has 0 bridgehead atoms. The second-order valence-corrected chi connectivity index (χ2v) is 7.75. The van der Waals surface area contributed by atoms with E-state index in [9.17, 15) is 9.90 Å². The lowest BCUT2D eigenvalue weighted by molar-refractivity contribution is -0.153. The highest BCUT2D eigenvalue weighted by Crippen LogP contribution is 2.23. The van der Waals surface area contributed by atoms with Crippen LogP contribution in [-0.4, -0.2) is 30.4 Å². The maximum absolute atomic E-state index is 11.5. The summed E-state index contributed by atoms with van der Waals surface area (Å²) in [5.74, 6) is 0.268. The highest BCUT2D eigenvalue weighted by molar-refractivity contribution is 5.72. The van der Waals surface area contributed by atoms with Crippen LogP contribution in [0.2, 0.25) is 0 Å². The van der Waals surface area contributed by atoms with Gasteiger partial charge in [0.05, 0.1) is 26.4 Å². The van der Waals surface area contributed by atoms with Crippen molar-refractivity contribution < 1.29 is 24.1 Å². The smallest absolute Gasteiger partial charge is 0.333 e. The molecular weight excluding hydrogens is 368 g/mol. The van der Waals surface area contributed by atoms with Crippen LogP contribution >= 0.6 is 0 Å². The van der Waals surface area contributed by atoms with Crippen LogP contribution in [0.3, 0.4) is 0 Å². The minimum Gasteiger partial charge on any atom is -0.496 e. The van der Waals surface area contributed by atoms with Crippen LogP contribution in [0.5, 0.6) is 5.75 Å². The molecule has 5 heteroatoms. The number of carboxylic acids is 1. The Morgan fingerprint density at radius 3 is 2.17 bits per heavy atom. The largest absolute Gasteiger partial charge is 0.496 e. The van der Waals surface area contributed by atoms with Gasteiger partial charge in [-0.2, -0.15) is 0 Å². The third-order valence-corrected chi connectivity index (χ3v) is 4.65. The van der Waals surface area contributed by atoms with E-state index < -0.39 is 12.1 Å². The first-order valence-electron chi connectivity index (χ1n) is 10.0. The molecule has 0 saturated heterocycles. The lowest BCUT2D eigenvalue weighted by atomic mass is 10.0. The number of aliphatic carboxylic acids is 1. The second-order valence-electron chi connectivity index (χ2n) is 7.75. The molecule has 5 nitrogen and oxygen atoms in total. The van der Waals surface area contributed by atoms with Crippen molar-refractivity contribution in [3.8, 4) is 5.75 Å². The predicted octanol–water partition coefficient (Wildman–Crippen LogP) is 4.96. The Morgan fingerprint density at radius 2 is 1.62 bits per heavy atom. The van der Waals surface area contributed by atoms with Gasteiger partial charge in [0.25, 0.3) is 0 Å². The van der Waals surface area contributed by atoms with Gasteiger partial charge >= 0.3 is 5.97 Å². The Balaban J connectivity index is 2.03. The molecule has 29 heavy (non-hydrogen) atoms. The highest BCUT2D eigenvalue weighted by atomic mass is 16.5. The molecule has 2 aromatic carbocycles. The summed E-state index contributed by atoms with van der Waals surface area (Å²) < 4.78 is 16.8. The molecule has 0 fully saturated rings.